The van der Waals surface area contributed by atoms with Gasteiger partial charge in [0.05, 0.1) is 17.1 Å². The van der Waals surface area contributed by atoms with Crippen molar-refractivity contribution in [2.45, 2.75) is 0 Å². The van der Waals surface area contributed by atoms with Crippen molar-refractivity contribution in [2.75, 3.05) is 11.5 Å². The summed E-state index contributed by atoms with van der Waals surface area (Å²) in [4.78, 5) is 19.8. The SMILES string of the molecule is Nc1ccc(C2=CC3=CC(c4ccc(N)cc4)=NC4=NC=NC(=N2)N34)cc1. The number of anilines is 2. The number of hydrogen-bond acceptors (Lipinski definition) is 7. The Balaban J connectivity index is 1.63. The highest BCUT2D eigenvalue weighted by atomic mass is 15.4. The van der Waals surface area contributed by atoms with Crippen LogP contribution in [0.5, 0.6) is 0 Å². The quantitative estimate of drug-likeness (QED) is 0.811. The van der Waals surface area contributed by atoms with E-state index in [1.807, 2.05) is 65.6 Å². The summed E-state index contributed by atoms with van der Waals surface area (Å²) < 4.78 is 0. The minimum Gasteiger partial charge on any atom is -0.399 e. The molecule has 3 aliphatic rings. The van der Waals surface area contributed by atoms with Crippen LogP contribution in [-0.2, 0) is 0 Å². The Hall–Kier alpha value is -4.00. The zero-order valence-electron chi connectivity index (χ0n) is 14.2. The Morgan fingerprint density at radius 2 is 1.37 bits per heavy atom. The number of nitrogen functional groups attached to an aromatic ring is 2. The van der Waals surface area contributed by atoms with Crippen LogP contribution in [0.25, 0.3) is 5.70 Å². The van der Waals surface area contributed by atoms with Crippen LogP contribution < -0.4 is 11.5 Å². The fourth-order valence-electron chi connectivity index (χ4n) is 3.06. The van der Waals surface area contributed by atoms with Crippen molar-refractivity contribution in [3.8, 4) is 0 Å². The number of benzene rings is 2. The predicted molar refractivity (Wildman–Crippen MR) is 110 cm³/mol. The van der Waals surface area contributed by atoms with E-state index in [1.165, 1.54) is 6.34 Å². The van der Waals surface area contributed by atoms with E-state index in [0.717, 1.165) is 28.2 Å². The summed E-state index contributed by atoms with van der Waals surface area (Å²) in [6, 6.07) is 15.2. The Morgan fingerprint density at radius 1 is 0.704 bits per heavy atom. The van der Waals surface area contributed by atoms with Gasteiger partial charge in [-0.05, 0) is 36.4 Å². The number of aliphatic imine (C=N–C) groups is 4. The van der Waals surface area contributed by atoms with Gasteiger partial charge < -0.3 is 11.5 Å². The zero-order chi connectivity index (χ0) is 18.4. The van der Waals surface area contributed by atoms with Crippen molar-refractivity contribution in [3.05, 3.63) is 77.5 Å². The van der Waals surface area contributed by atoms with Gasteiger partial charge in [-0.2, -0.15) is 0 Å². The molecular weight excluding hydrogens is 338 g/mol. The summed E-state index contributed by atoms with van der Waals surface area (Å²) in [6.07, 6.45) is 5.47. The first-order valence-corrected chi connectivity index (χ1v) is 8.40. The summed E-state index contributed by atoms with van der Waals surface area (Å²) in [7, 11) is 0. The van der Waals surface area contributed by atoms with Crippen molar-refractivity contribution in [2.24, 2.45) is 20.0 Å². The highest BCUT2D eigenvalue weighted by Crippen LogP contribution is 2.30. The molecule has 27 heavy (non-hydrogen) atoms. The van der Waals surface area contributed by atoms with Gasteiger partial charge in [0, 0.05) is 22.5 Å². The number of nitrogens with zero attached hydrogens (tertiary/aromatic N) is 5. The molecule has 3 heterocycles. The fourth-order valence-corrected chi connectivity index (χ4v) is 3.06. The maximum absolute atomic E-state index is 5.80. The van der Waals surface area contributed by atoms with E-state index in [0.29, 0.717) is 23.3 Å². The Labute approximate surface area is 155 Å². The average molecular weight is 353 g/mol. The monoisotopic (exact) mass is 353 g/mol. The van der Waals surface area contributed by atoms with Gasteiger partial charge in [0.1, 0.15) is 6.34 Å². The van der Waals surface area contributed by atoms with Crippen LogP contribution in [0.3, 0.4) is 0 Å². The molecule has 0 spiro atoms. The molecule has 2 aromatic carbocycles. The van der Waals surface area contributed by atoms with Crippen molar-refractivity contribution >= 4 is 41.0 Å². The normalized spacial score (nSPS) is 17.3. The lowest BCUT2D eigenvalue weighted by molar-refractivity contribution is 0.738. The fraction of sp³-hybridized carbons (Fsp3) is 0. The minimum absolute atomic E-state index is 0.542. The Bertz CT molecular complexity index is 1070. The molecule has 0 radical (unpaired) electrons. The first-order valence-electron chi connectivity index (χ1n) is 8.40. The van der Waals surface area contributed by atoms with Crippen molar-refractivity contribution in [3.63, 3.8) is 0 Å². The molecule has 0 saturated heterocycles. The number of guanidine groups is 2. The standard InChI is InChI=1S/C20H15N7/c21-14-5-1-12(2-6-14)17-9-16-10-18(13-3-7-15(22)8-4-13)26-20-24-11-23-19(25-17)27(16)20/h1-11H,21-22H2. The molecule has 0 amide bonds. The van der Waals surface area contributed by atoms with Crippen LogP contribution in [0.4, 0.5) is 11.4 Å². The summed E-state index contributed by atoms with van der Waals surface area (Å²) in [5, 5.41) is 0. The predicted octanol–water partition coefficient (Wildman–Crippen LogP) is 2.65. The largest absolute Gasteiger partial charge is 0.399 e. The first-order chi connectivity index (χ1) is 13.2. The van der Waals surface area contributed by atoms with Crippen molar-refractivity contribution in [1.29, 1.82) is 0 Å². The lowest BCUT2D eigenvalue weighted by Gasteiger charge is -2.31. The third kappa shape index (κ3) is 2.62. The molecule has 3 aliphatic heterocycles. The lowest BCUT2D eigenvalue weighted by Crippen LogP contribution is -2.40. The number of allylic oxidation sites excluding steroid dienone is 2. The lowest BCUT2D eigenvalue weighted by atomic mass is 10.0. The number of hydrogen-bond donors (Lipinski definition) is 2. The molecule has 7 heteroatoms. The maximum atomic E-state index is 5.80. The molecule has 7 nitrogen and oxygen atoms in total. The molecule has 0 atom stereocenters. The van der Waals surface area contributed by atoms with Gasteiger partial charge in [-0.15, -0.1) is 0 Å². The summed E-state index contributed by atoms with van der Waals surface area (Å²) >= 11 is 0. The van der Waals surface area contributed by atoms with E-state index < -0.39 is 0 Å². The van der Waals surface area contributed by atoms with Gasteiger partial charge in [0.15, 0.2) is 0 Å². The molecule has 0 aromatic heterocycles. The van der Waals surface area contributed by atoms with Gasteiger partial charge >= 0.3 is 0 Å². The first kappa shape index (κ1) is 15.3. The average Bonchev–Trinajstić information content (AvgIpc) is 2.69. The molecule has 4 N–H and O–H groups in total. The summed E-state index contributed by atoms with van der Waals surface area (Å²) in [5.74, 6) is 1.08. The van der Waals surface area contributed by atoms with Crippen LogP contribution in [0.1, 0.15) is 11.1 Å². The van der Waals surface area contributed by atoms with Crippen LogP contribution in [0.15, 0.2) is 86.3 Å². The Kier molecular flexibility index (Phi) is 3.26. The molecular formula is C20H15N7. The van der Waals surface area contributed by atoms with E-state index in [4.69, 9.17) is 11.5 Å². The van der Waals surface area contributed by atoms with Crippen molar-refractivity contribution < 1.29 is 0 Å². The second kappa shape index (κ2) is 5.77. The van der Waals surface area contributed by atoms with Crippen LogP contribution >= 0.6 is 0 Å². The van der Waals surface area contributed by atoms with E-state index in [9.17, 15) is 0 Å². The van der Waals surface area contributed by atoms with Crippen LogP contribution in [-0.4, -0.2) is 28.9 Å². The zero-order valence-corrected chi connectivity index (χ0v) is 14.2. The third-order valence-electron chi connectivity index (χ3n) is 4.43. The van der Waals surface area contributed by atoms with Gasteiger partial charge in [0.25, 0.3) is 0 Å². The smallest absolute Gasteiger partial charge is 0.239 e. The van der Waals surface area contributed by atoms with E-state index >= 15 is 0 Å². The van der Waals surface area contributed by atoms with Gasteiger partial charge in [-0.1, -0.05) is 24.3 Å². The maximum Gasteiger partial charge on any atom is 0.239 e. The van der Waals surface area contributed by atoms with Crippen LogP contribution in [0.2, 0.25) is 0 Å². The van der Waals surface area contributed by atoms with Crippen LogP contribution in [0, 0.1) is 0 Å². The second-order valence-corrected chi connectivity index (χ2v) is 6.26. The van der Waals surface area contributed by atoms with E-state index in [2.05, 4.69) is 20.0 Å². The van der Waals surface area contributed by atoms with Crippen molar-refractivity contribution in [1.82, 2.24) is 4.90 Å². The summed E-state index contributed by atoms with van der Waals surface area (Å²) in [6.45, 7) is 0. The molecule has 0 aliphatic carbocycles. The molecule has 0 fully saturated rings. The highest BCUT2D eigenvalue weighted by molar-refractivity contribution is 6.22. The minimum atomic E-state index is 0.542. The second-order valence-electron chi connectivity index (χ2n) is 6.26. The molecule has 0 saturated carbocycles. The highest BCUT2D eigenvalue weighted by Gasteiger charge is 2.30. The molecule has 2 aromatic rings. The van der Waals surface area contributed by atoms with Gasteiger partial charge in [-0.25, -0.2) is 24.9 Å². The molecule has 130 valence electrons. The molecule has 5 rings (SSSR count). The third-order valence-corrected chi connectivity index (χ3v) is 4.43. The summed E-state index contributed by atoms with van der Waals surface area (Å²) in [5.41, 5.74) is 17.5. The number of rotatable bonds is 2. The topological polar surface area (TPSA) is 105 Å². The van der Waals surface area contributed by atoms with E-state index in [1.54, 1.807) is 0 Å². The number of nitrogens with two attached hydrogens (primary N) is 2. The van der Waals surface area contributed by atoms with Gasteiger partial charge in [-0.3, -0.25) is 0 Å². The molecule has 0 unspecified atom stereocenters. The van der Waals surface area contributed by atoms with Gasteiger partial charge in [0.2, 0.25) is 11.9 Å². The van der Waals surface area contributed by atoms with E-state index in [-0.39, 0.29) is 0 Å². The molecule has 0 bridgehead atoms. The Morgan fingerprint density at radius 3 is 2.07 bits per heavy atom.